The molecule has 25 heavy (non-hydrogen) atoms. The maximum Gasteiger partial charge on any atom is 0.134 e. The van der Waals surface area contributed by atoms with Crippen LogP contribution in [0.5, 0.6) is 0 Å². The van der Waals surface area contributed by atoms with Gasteiger partial charge in [-0.1, -0.05) is 6.07 Å². The number of nitrogens with zero attached hydrogens (tertiary/aromatic N) is 4. The number of nitrogens with one attached hydrogen (secondary N) is 2. The van der Waals surface area contributed by atoms with Crippen molar-refractivity contribution in [3.05, 3.63) is 42.0 Å². The van der Waals surface area contributed by atoms with Crippen molar-refractivity contribution >= 4 is 11.6 Å². The number of rotatable bonds is 4. The topological polar surface area (TPSA) is 66.0 Å². The molecule has 1 fully saturated rings. The van der Waals surface area contributed by atoms with E-state index in [1.807, 2.05) is 24.4 Å². The zero-order valence-electron chi connectivity index (χ0n) is 14.8. The molecular weight excluding hydrogens is 312 g/mol. The number of hydrogen-bond acceptors (Lipinski definition) is 6. The second-order valence-electron chi connectivity index (χ2n) is 7.19. The molecule has 3 heterocycles. The van der Waals surface area contributed by atoms with Crippen LogP contribution in [0.4, 0.5) is 11.6 Å². The van der Waals surface area contributed by atoms with E-state index in [4.69, 9.17) is 0 Å². The predicted molar refractivity (Wildman–Crippen MR) is 99.6 cm³/mol. The molecule has 1 saturated carbocycles. The normalized spacial score (nSPS) is 23.7. The Balaban J connectivity index is 1.35. The minimum absolute atomic E-state index is 0.494. The molecule has 6 nitrogen and oxygen atoms in total. The summed E-state index contributed by atoms with van der Waals surface area (Å²) in [5.41, 5.74) is 2.49. The van der Waals surface area contributed by atoms with E-state index in [9.17, 15) is 0 Å². The summed E-state index contributed by atoms with van der Waals surface area (Å²) in [4.78, 5) is 15.7. The number of fused-ring (bicyclic) bond motifs is 1. The third-order valence-electron chi connectivity index (χ3n) is 5.28. The van der Waals surface area contributed by atoms with Gasteiger partial charge in [-0.15, -0.1) is 0 Å². The summed E-state index contributed by atoms with van der Waals surface area (Å²) >= 11 is 0. The fourth-order valence-corrected chi connectivity index (χ4v) is 3.83. The Hall–Kier alpha value is -2.21. The van der Waals surface area contributed by atoms with Crippen LogP contribution in [0.2, 0.25) is 0 Å². The maximum absolute atomic E-state index is 4.53. The lowest BCUT2D eigenvalue weighted by Crippen LogP contribution is -2.34. The van der Waals surface area contributed by atoms with Crippen LogP contribution in [-0.4, -0.2) is 45.5 Å². The molecule has 2 aromatic heterocycles. The minimum Gasteiger partial charge on any atom is -0.367 e. The van der Waals surface area contributed by atoms with Crippen LogP contribution in [0.15, 0.2) is 30.7 Å². The van der Waals surface area contributed by atoms with Crippen LogP contribution >= 0.6 is 0 Å². The van der Waals surface area contributed by atoms with Gasteiger partial charge in [-0.3, -0.25) is 0 Å². The molecule has 0 amide bonds. The minimum atomic E-state index is 0.494. The van der Waals surface area contributed by atoms with Crippen molar-refractivity contribution in [2.45, 2.75) is 50.7 Å². The molecule has 0 radical (unpaired) electrons. The number of pyridine rings is 1. The van der Waals surface area contributed by atoms with Gasteiger partial charge in [-0.2, -0.15) is 0 Å². The highest BCUT2D eigenvalue weighted by molar-refractivity contribution is 5.47. The summed E-state index contributed by atoms with van der Waals surface area (Å²) in [6.07, 6.45) is 9.18. The largest absolute Gasteiger partial charge is 0.367 e. The summed E-state index contributed by atoms with van der Waals surface area (Å²) in [5, 5.41) is 7.24. The average molecular weight is 338 g/mol. The zero-order chi connectivity index (χ0) is 17.1. The fourth-order valence-electron chi connectivity index (χ4n) is 3.83. The first-order chi connectivity index (χ1) is 12.3. The van der Waals surface area contributed by atoms with Crippen molar-refractivity contribution in [3.8, 4) is 0 Å². The highest BCUT2D eigenvalue weighted by Gasteiger charge is 2.24. The van der Waals surface area contributed by atoms with Gasteiger partial charge in [0.1, 0.15) is 18.0 Å². The Kier molecular flexibility index (Phi) is 4.78. The number of aromatic nitrogens is 3. The molecule has 0 bridgehead atoms. The summed E-state index contributed by atoms with van der Waals surface area (Å²) < 4.78 is 0. The third kappa shape index (κ3) is 3.90. The van der Waals surface area contributed by atoms with Crippen molar-refractivity contribution in [1.29, 1.82) is 0 Å². The first-order valence-electron chi connectivity index (χ1n) is 9.23. The second kappa shape index (κ2) is 7.35. The molecule has 4 rings (SSSR count). The molecule has 0 atom stereocenters. The number of anilines is 2. The van der Waals surface area contributed by atoms with E-state index in [0.717, 1.165) is 56.8 Å². The van der Waals surface area contributed by atoms with Gasteiger partial charge < -0.3 is 15.5 Å². The Morgan fingerprint density at radius 2 is 1.80 bits per heavy atom. The average Bonchev–Trinajstić information content (AvgIpc) is 2.65. The SMILES string of the molecule is CN1CCc2ncnc(NC3CCC(Nc4ccccn4)CC3)c2C1. The van der Waals surface area contributed by atoms with Crippen LogP contribution in [0, 0.1) is 0 Å². The lowest BCUT2D eigenvalue weighted by Gasteiger charge is -2.32. The Bertz CT molecular complexity index is 696. The molecule has 1 aliphatic heterocycles. The first kappa shape index (κ1) is 16.3. The monoisotopic (exact) mass is 338 g/mol. The van der Waals surface area contributed by atoms with E-state index in [1.54, 1.807) is 6.33 Å². The van der Waals surface area contributed by atoms with Crippen LogP contribution in [-0.2, 0) is 13.0 Å². The van der Waals surface area contributed by atoms with Gasteiger partial charge in [0, 0.05) is 43.4 Å². The molecule has 0 spiro atoms. The molecule has 0 unspecified atom stereocenters. The maximum atomic E-state index is 4.53. The molecule has 132 valence electrons. The Labute approximate surface area is 149 Å². The fraction of sp³-hybridized carbons (Fsp3) is 0.526. The summed E-state index contributed by atoms with van der Waals surface area (Å²) in [7, 11) is 2.16. The van der Waals surface area contributed by atoms with Crippen molar-refractivity contribution in [3.63, 3.8) is 0 Å². The standard InChI is InChI=1S/C19H26N6/c1-25-11-9-17-16(12-25)19(22-13-21-17)24-15-7-5-14(6-8-15)23-18-4-2-3-10-20-18/h2-4,10,13-15H,5-9,11-12H2,1H3,(H,20,23)(H,21,22,24). The Morgan fingerprint density at radius 3 is 2.56 bits per heavy atom. The molecule has 6 heteroatoms. The lowest BCUT2D eigenvalue weighted by atomic mass is 9.91. The van der Waals surface area contributed by atoms with Gasteiger partial charge in [0.25, 0.3) is 0 Å². The van der Waals surface area contributed by atoms with Crippen LogP contribution < -0.4 is 10.6 Å². The van der Waals surface area contributed by atoms with E-state index in [1.165, 1.54) is 11.3 Å². The third-order valence-corrected chi connectivity index (χ3v) is 5.28. The zero-order valence-corrected chi connectivity index (χ0v) is 14.8. The van der Waals surface area contributed by atoms with Crippen molar-refractivity contribution in [1.82, 2.24) is 19.9 Å². The molecule has 2 N–H and O–H groups in total. The van der Waals surface area contributed by atoms with Gasteiger partial charge >= 0.3 is 0 Å². The summed E-state index contributed by atoms with van der Waals surface area (Å²) in [5.74, 6) is 2.02. The van der Waals surface area contributed by atoms with Crippen LogP contribution in [0.25, 0.3) is 0 Å². The molecule has 2 aliphatic rings. The Morgan fingerprint density at radius 1 is 1.00 bits per heavy atom. The molecule has 2 aromatic rings. The van der Waals surface area contributed by atoms with Crippen LogP contribution in [0.3, 0.4) is 0 Å². The highest BCUT2D eigenvalue weighted by Crippen LogP contribution is 2.27. The summed E-state index contributed by atoms with van der Waals surface area (Å²) in [6.45, 7) is 2.02. The van der Waals surface area contributed by atoms with E-state index in [-0.39, 0.29) is 0 Å². The first-order valence-corrected chi connectivity index (χ1v) is 9.23. The molecule has 0 aromatic carbocycles. The number of likely N-dealkylation sites (N-methyl/N-ethyl adjacent to an activating group) is 1. The van der Waals surface area contributed by atoms with Gasteiger partial charge in [0.05, 0.1) is 5.69 Å². The van der Waals surface area contributed by atoms with Crippen molar-refractivity contribution in [2.24, 2.45) is 0 Å². The van der Waals surface area contributed by atoms with E-state index < -0.39 is 0 Å². The smallest absolute Gasteiger partial charge is 0.134 e. The van der Waals surface area contributed by atoms with Crippen molar-refractivity contribution < 1.29 is 0 Å². The quantitative estimate of drug-likeness (QED) is 0.893. The van der Waals surface area contributed by atoms with E-state index in [2.05, 4.69) is 37.5 Å². The highest BCUT2D eigenvalue weighted by atomic mass is 15.1. The molecule has 0 saturated heterocycles. The van der Waals surface area contributed by atoms with Crippen LogP contribution in [0.1, 0.15) is 36.9 Å². The van der Waals surface area contributed by atoms with Gasteiger partial charge in [-0.25, -0.2) is 15.0 Å². The second-order valence-corrected chi connectivity index (χ2v) is 7.19. The van der Waals surface area contributed by atoms with E-state index in [0.29, 0.717) is 12.1 Å². The van der Waals surface area contributed by atoms with E-state index >= 15 is 0 Å². The van der Waals surface area contributed by atoms with Gasteiger partial charge in [0.15, 0.2) is 0 Å². The van der Waals surface area contributed by atoms with Crippen molar-refractivity contribution in [2.75, 3.05) is 24.2 Å². The number of hydrogen-bond donors (Lipinski definition) is 2. The lowest BCUT2D eigenvalue weighted by molar-refractivity contribution is 0.309. The summed E-state index contributed by atoms with van der Waals surface area (Å²) in [6, 6.07) is 7.02. The van der Waals surface area contributed by atoms with Gasteiger partial charge in [-0.05, 0) is 44.9 Å². The predicted octanol–water partition coefficient (Wildman–Crippen LogP) is 2.69. The molecular formula is C19H26N6. The molecule has 1 aliphatic carbocycles. The van der Waals surface area contributed by atoms with Gasteiger partial charge in [0.2, 0.25) is 0 Å².